The standard InChI is InChI=1S/C20H17N3O4S/c1-12-17(20(24)27-2)18(22-19(21-12)13-7-5-4-6-8-13)15-11-14(23(25)26)9-10-16(15)28-3/h4-11H,1-3H3. The molecule has 0 aliphatic carbocycles. The highest BCUT2D eigenvalue weighted by Crippen LogP contribution is 2.36. The first-order valence-electron chi connectivity index (χ1n) is 8.31. The van der Waals surface area contributed by atoms with Gasteiger partial charge < -0.3 is 4.74 Å². The topological polar surface area (TPSA) is 95.2 Å². The summed E-state index contributed by atoms with van der Waals surface area (Å²) in [5.74, 6) is -0.162. The maximum atomic E-state index is 12.5. The van der Waals surface area contributed by atoms with Crippen LogP contribution < -0.4 is 0 Å². The summed E-state index contributed by atoms with van der Waals surface area (Å²) in [6.07, 6.45) is 1.86. The van der Waals surface area contributed by atoms with Crippen molar-refractivity contribution in [2.75, 3.05) is 13.4 Å². The number of aromatic nitrogens is 2. The summed E-state index contributed by atoms with van der Waals surface area (Å²) in [7, 11) is 1.28. The van der Waals surface area contributed by atoms with E-state index in [9.17, 15) is 14.9 Å². The molecule has 0 unspecified atom stereocenters. The number of methoxy groups -OCH3 is 1. The van der Waals surface area contributed by atoms with Crippen molar-refractivity contribution in [3.05, 3.63) is 69.9 Å². The van der Waals surface area contributed by atoms with Gasteiger partial charge in [-0.2, -0.15) is 0 Å². The number of carbonyl (C=O) groups is 1. The number of nitrogens with zero attached hydrogens (tertiary/aromatic N) is 3. The van der Waals surface area contributed by atoms with Crippen molar-refractivity contribution >= 4 is 23.4 Å². The van der Waals surface area contributed by atoms with Gasteiger partial charge in [-0.15, -0.1) is 11.8 Å². The molecule has 0 spiro atoms. The molecule has 0 radical (unpaired) electrons. The van der Waals surface area contributed by atoms with Crippen LogP contribution in [0.2, 0.25) is 0 Å². The number of aryl methyl sites for hydroxylation is 1. The van der Waals surface area contributed by atoms with Crippen LogP contribution >= 0.6 is 11.8 Å². The molecule has 142 valence electrons. The van der Waals surface area contributed by atoms with Crippen LogP contribution in [0.4, 0.5) is 5.69 Å². The number of non-ortho nitro benzene ring substituents is 1. The van der Waals surface area contributed by atoms with Crippen LogP contribution in [0.5, 0.6) is 0 Å². The summed E-state index contributed by atoms with van der Waals surface area (Å²) >= 11 is 1.41. The molecular weight excluding hydrogens is 378 g/mol. The Labute approximate surface area is 165 Å². The lowest BCUT2D eigenvalue weighted by Gasteiger charge is -2.14. The van der Waals surface area contributed by atoms with Gasteiger partial charge in [0.25, 0.3) is 5.69 Å². The lowest BCUT2D eigenvalue weighted by atomic mass is 10.0. The molecule has 3 aromatic rings. The van der Waals surface area contributed by atoms with E-state index in [2.05, 4.69) is 9.97 Å². The number of rotatable bonds is 5. The van der Waals surface area contributed by atoms with E-state index in [-0.39, 0.29) is 11.3 Å². The third-order valence-electron chi connectivity index (χ3n) is 4.16. The minimum absolute atomic E-state index is 0.0823. The summed E-state index contributed by atoms with van der Waals surface area (Å²) in [6, 6.07) is 13.8. The predicted octanol–water partition coefficient (Wildman–Crippen LogP) is 4.54. The van der Waals surface area contributed by atoms with Crippen molar-refractivity contribution in [2.24, 2.45) is 0 Å². The molecule has 0 N–H and O–H groups in total. The monoisotopic (exact) mass is 395 g/mol. The fraction of sp³-hybridized carbons (Fsp3) is 0.150. The number of ether oxygens (including phenoxy) is 1. The quantitative estimate of drug-likeness (QED) is 0.271. The zero-order chi connectivity index (χ0) is 20.3. The van der Waals surface area contributed by atoms with Gasteiger partial charge in [-0.3, -0.25) is 10.1 Å². The van der Waals surface area contributed by atoms with Gasteiger partial charge in [0.2, 0.25) is 0 Å². The summed E-state index contributed by atoms with van der Waals surface area (Å²) in [6.45, 7) is 1.69. The van der Waals surface area contributed by atoms with Crippen molar-refractivity contribution in [1.29, 1.82) is 0 Å². The van der Waals surface area contributed by atoms with Crippen LogP contribution in [-0.2, 0) is 4.74 Å². The third-order valence-corrected chi connectivity index (χ3v) is 4.96. The summed E-state index contributed by atoms with van der Waals surface area (Å²) < 4.78 is 4.92. The second-order valence-corrected chi connectivity index (χ2v) is 6.70. The van der Waals surface area contributed by atoms with Crippen LogP contribution in [0.1, 0.15) is 16.1 Å². The number of nitro groups is 1. The van der Waals surface area contributed by atoms with E-state index in [1.54, 1.807) is 13.0 Å². The molecule has 3 rings (SSSR count). The van der Waals surface area contributed by atoms with Crippen molar-refractivity contribution < 1.29 is 14.5 Å². The van der Waals surface area contributed by atoms with Crippen LogP contribution in [0.3, 0.4) is 0 Å². The Kier molecular flexibility index (Phi) is 5.70. The number of carbonyl (C=O) groups excluding carboxylic acids is 1. The molecule has 0 aliphatic heterocycles. The van der Waals surface area contributed by atoms with E-state index in [0.29, 0.717) is 22.8 Å². The molecule has 0 saturated carbocycles. The highest BCUT2D eigenvalue weighted by molar-refractivity contribution is 7.98. The molecule has 2 aromatic carbocycles. The van der Waals surface area contributed by atoms with Gasteiger partial charge in [0.1, 0.15) is 5.56 Å². The van der Waals surface area contributed by atoms with E-state index in [4.69, 9.17) is 4.74 Å². The Hall–Kier alpha value is -3.26. The van der Waals surface area contributed by atoms with E-state index < -0.39 is 10.9 Å². The first kappa shape index (κ1) is 19.5. The lowest BCUT2D eigenvalue weighted by molar-refractivity contribution is -0.384. The molecule has 28 heavy (non-hydrogen) atoms. The number of thioether (sulfide) groups is 1. The second kappa shape index (κ2) is 8.18. The maximum absolute atomic E-state index is 12.5. The summed E-state index contributed by atoms with van der Waals surface area (Å²) in [5.41, 5.74) is 2.13. The Bertz CT molecular complexity index is 1050. The SMILES string of the molecule is COC(=O)c1c(C)nc(-c2ccccc2)nc1-c1cc([N+](=O)[O-])ccc1SC. The first-order valence-corrected chi connectivity index (χ1v) is 9.54. The molecule has 0 atom stereocenters. The van der Waals surface area contributed by atoms with Gasteiger partial charge in [-0.05, 0) is 19.2 Å². The minimum atomic E-state index is -0.592. The molecule has 7 nitrogen and oxygen atoms in total. The van der Waals surface area contributed by atoms with Gasteiger partial charge in [0, 0.05) is 28.2 Å². The number of hydrogen-bond acceptors (Lipinski definition) is 7. The summed E-state index contributed by atoms with van der Waals surface area (Å²) in [4.78, 5) is 33.1. The largest absolute Gasteiger partial charge is 0.465 e. The maximum Gasteiger partial charge on any atom is 0.341 e. The smallest absolute Gasteiger partial charge is 0.341 e. The van der Waals surface area contributed by atoms with Gasteiger partial charge in [0.05, 0.1) is 23.4 Å². The van der Waals surface area contributed by atoms with Crippen molar-refractivity contribution in [3.8, 4) is 22.6 Å². The second-order valence-electron chi connectivity index (χ2n) is 5.86. The van der Waals surface area contributed by atoms with Gasteiger partial charge in [-0.25, -0.2) is 14.8 Å². The van der Waals surface area contributed by atoms with Crippen LogP contribution in [0, 0.1) is 17.0 Å². The van der Waals surface area contributed by atoms with E-state index in [0.717, 1.165) is 10.5 Å². The van der Waals surface area contributed by atoms with Gasteiger partial charge >= 0.3 is 5.97 Å². The normalized spacial score (nSPS) is 10.5. The lowest BCUT2D eigenvalue weighted by Crippen LogP contribution is -2.11. The highest BCUT2D eigenvalue weighted by Gasteiger charge is 2.24. The Morgan fingerprint density at radius 3 is 2.46 bits per heavy atom. The van der Waals surface area contributed by atoms with Crippen molar-refractivity contribution in [2.45, 2.75) is 11.8 Å². The molecule has 0 aliphatic rings. The number of nitro benzene ring substituents is 1. The molecule has 8 heteroatoms. The third kappa shape index (κ3) is 3.72. The highest BCUT2D eigenvalue weighted by atomic mass is 32.2. The molecule has 0 saturated heterocycles. The Morgan fingerprint density at radius 2 is 1.86 bits per heavy atom. The van der Waals surface area contributed by atoms with Gasteiger partial charge in [0.15, 0.2) is 5.82 Å². The number of benzene rings is 2. The minimum Gasteiger partial charge on any atom is -0.465 e. The molecular formula is C20H17N3O4S. The average molecular weight is 395 g/mol. The zero-order valence-electron chi connectivity index (χ0n) is 15.5. The Balaban J connectivity index is 2.35. The molecule has 0 amide bonds. The van der Waals surface area contributed by atoms with Gasteiger partial charge in [-0.1, -0.05) is 30.3 Å². The van der Waals surface area contributed by atoms with E-state index in [1.165, 1.54) is 31.0 Å². The average Bonchev–Trinajstić information content (AvgIpc) is 2.72. The molecule has 0 bridgehead atoms. The van der Waals surface area contributed by atoms with Crippen molar-refractivity contribution in [3.63, 3.8) is 0 Å². The van der Waals surface area contributed by atoms with Crippen LogP contribution in [0.25, 0.3) is 22.6 Å². The van der Waals surface area contributed by atoms with E-state index >= 15 is 0 Å². The fourth-order valence-electron chi connectivity index (χ4n) is 2.83. The van der Waals surface area contributed by atoms with E-state index in [1.807, 2.05) is 36.6 Å². The van der Waals surface area contributed by atoms with Crippen molar-refractivity contribution in [1.82, 2.24) is 9.97 Å². The molecule has 0 fully saturated rings. The number of esters is 1. The summed E-state index contributed by atoms with van der Waals surface area (Å²) in [5, 5.41) is 11.3. The molecule has 1 heterocycles. The van der Waals surface area contributed by atoms with Crippen LogP contribution in [-0.4, -0.2) is 34.2 Å². The fourth-order valence-corrected chi connectivity index (χ4v) is 3.40. The first-order chi connectivity index (χ1) is 13.5. The zero-order valence-corrected chi connectivity index (χ0v) is 16.3. The van der Waals surface area contributed by atoms with Crippen LogP contribution in [0.15, 0.2) is 53.4 Å². The molecule has 1 aromatic heterocycles. The number of hydrogen-bond donors (Lipinski definition) is 0. The predicted molar refractivity (Wildman–Crippen MR) is 107 cm³/mol. The Morgan fingerprint density at radius 1 is 1.14 bits per heavy atom.